The average molecular weight is 399 g/mol. The molecule has 0 fully saturated rings. The fourth-order valence-corrected chi connectivity index (χ4v) is 1.99. The van der Waals surface area contributed by atoms with Crippen LogP contribution < -0.4 is 15.2 Å². The van der Waals surface area contributed by atoms with Crippen molar-refractivity contribution in [1.82, 2.24) is 0 Å². The zero-order valence-corrected chi connectivity index (χ0v) is 13.8. The van der Waals surface area contributed by atoms with Crippen molar-refractivity contribution in [2.24, 2.45) is 0 Å². The Hall–Kier alpha value is -1.47. The number of ether oxygens (including phenoxy) is 3. The fraction of sp³-hybridized carbons (Fsp3) is 0.250. The molecule has 0 atom stereocenters. The Bertz CT molecular complexity index is 479. The first kappa shape index (κ1) is 15.9. The van der Waals surface area contributed by atoms with Crippen molar-refractivity contribution in [2.45, 2.75) is 0 Å². The van der Waals surface area contributed by atoms with Gasteiger partial charge in [-0.2, -0.15) is 0 Å². The topological polar surface area (TPSA) is 53.7 Å². The van der Waals surface area contributed by atoms with E-state index in [-0.39, 0.29) is 0 Å². The van der Waals surface area contributed by atoms with Crippen LogP contribution in [0.25, 0.3) is 0 Å². The molecule has 4 nitrogen and oxygen atoms in total. The van der Waals surface area contributed by atoms with Crippen molar-refractivity contribution in [3.63, 3.8) is 0 Å². The molecule has 0 heterocycles. The monoisotopic (exact) mass is 399 g/mol. The number of halogens is 1. The van der Waals surface area contributed by atoms with Crippen molar-refractivity contribution in [3.8, 4) is 11.5 Å². The lowest BCUT2D eigenvalue weighted by Gasteiger charge is -2.08. The maximum Gasteiger partial charge on any atom is 0.119 e. The summed E-state index contributed by atoms with van der Waals surface area (Å²) in [4.78, 5) is 0. The normalized spacial score (nSPS) is 10.3. The molecular weight excluding hydrogens is 381 g/mol. The molecule has 0 aromatic heterocycles. The Balaban J connectivity index is 1.52. The highest BCUT2D eigenvalue weighted by molar-refractivity contribution is 14.1. The molecule has 0 saturated heterocycles. The molecule has 0 aliphatic rings. The van der Waals surface area contributed by atoms with E-state index in [9.17, 15) is 0 Å². The second-order valence-electron chi connectivity index (χ2n) is 4.33. The van der Waals surface area contributed by atoms with Crippen LogP contribution in [0.1, 0.15) is 0 Å². The lowest BCUT2D eigenvalue weighted by Crippen LogP contribution is -2.12. The quantitative estimate of drug-likeness (QED) is 0.420. The van der Waals surface area contributed by atoms with Crippen LogP contribution in [-0.4, -0.2) is 26.4 Å². The average Bonchev–Trinajstić information content (AvgIpc) is 2.50. The van der Waals surface area contributed by atoms with Gasteiger partial charge < -0.3 is 19.9 Å². The predicted octanol–water partition coefficient (Wildman–Crippen LogP) is 3.35. The number of rotatable bonds is 8. The summed E-state index contributed by atoms with van der Waals surface area (Å²) in [5.41, 5.74) is 6.33. The summed E-state index contributed by atoms with van der Waals surface area (Å²) in [5, 5.41) is 0. The first-order valence-electron chi connectivity index (χ1n) is 6.68. The van der Waals surface area contributed by atoms with Crippen molar-refractivity contribution in [1.29, 1.82) is 0 Å². The lowest BCUT2D eigenvalue weighted by atomic mass is 10.3. The minimum Gasteiger partial charge on any atom is -0.491 e. The van der Waals surface area contributed by atoms with E-state index < -0.39 is 0 Å². The van der Waals surface area contributed by atoms with Crippen LogP contribution in [0.2, 0.25) is 0 Å². The van der Waals surface area contributed by atoms with Gasteiger partial charge in [0.25, 0.3) is 0 Å². The number of benzene rings is 2. The van der Waals surface area contributed by atoms with E-state index in [0.717, 1.165) is 17.2 Å². The van der Waals surface area contributed by atoms with E-state index in [1.807, 2.05) is 48.5 Å². The highest BCUT2D eigenvalue weighted by Gasteiger charge is 1.96. The van der Waals surface area contributed by atoms with Crippen LogP contribution >= 0.6 is 22.6 Å². The Labute approximate surface area is 138 Å². The van der Waals surface area contributed by atoms with Crippen LogP contribution in [-0.2, 0) is 4.74 Å². The summed E-state index contributed by atoms with van der Waals surface area (Å²) in [6, 6.07) is 15.2. The predicted molar refractivity (Wildman–Crippen MR) is 91.8 cm³/mol. The maximum atomic E-state index is 5.60. The lowest BCUT2D eigenvalue weighted by molar-refractivity contribution is 0.0764. The Morgan fingerprint density at radius 2 is 1.19 bits per heavy atom. The van der Waals surface area contributed by atoms with Gasteiger partial charge in [-0.25, -0.2) is 0 Å². The van der Waals surface area contributed by atoms with E-state index in [1.165, 1.54) is 3.57 Å². The molecule has 0 bridgehead atoms. The van der Waals surface area contributed by atoms with Gasteiger partial charge in [0.15, 0.2) is 0 Å². The summed E-state index contributed by atoms with van der Waals surface area (Å²) in [7, 11) is 0. The number of hydrogen-bond acceptors (Lipinski definition) is 4. The van der Waals surface area contributed by atoms with Crippen molar-refractivity contribution >= 4 is 28.3 Å². The van der Waals surface area contributed by atoms with E-state index in [2.05, 4.69) is 22.6 Å². The van der Waals surface area contributed by atoms with Gasteiger partial charge in [0.1, 0.15) is 24.7 Å². The van der Waals surface area contributed by atoms with Gasteiger partial charge in [-0.15, -0.1) is 0 Å². The molecule has 0 amide bonds. The second kappa shape index (κ2) is 8.74. The summed E-state index contributed by atoms with van der Waals surface area (Å²) in [6.45, 7) is 2.10. The van der Waals surface area contributed by atoms with Gasteiger partial charge in [0, 0.05) is 9.26 Å². The molecule has 0 unspecified atom stereocenters. The minimum atomic E-state index is 0.507. The molecule has 0 aliphatic carbocycles. The van der Waals surface area contributed by atoms with Gasteiger partial charge in [0.2, 0.25) is 0 Å². The highest BCUT2D eigenvalue weighted by Crippen LogP contribution is 2.13. The first-order chi connectivity index (χ1) is 10.2. The Kier molecular flexibility index (Phi) is 6.62. The third-order valence-electron chi connectivity index (χ3n) is 2.69. The summed E-state index contributed by atoms with van der Waals surface area (Å²) in [6.07, 6.45) is 0. The Morgan fingerprint density at radius 1 is 0.714 bits per heavy atom. The molecule has 2 rings (SSSR count). The largest absolute Gasteiger partial charge is 0.491 e. The number of nitrogens with two attached hydrogens (primary N) is 1. The van der Waals surface area contributed by atoms with Gasteiger partial charge >= 0.3 is 0 Å². The van der Waals surface area contributed by atoms with Crippen LogP contribution in [0.15, 0.2) is 48.5 Å². The maximum absolute atomic E-state index is 5.60. The molecule has 2 aromatic carbocycles. The van der Waals surface area contributed by atoms with Gasteiger partial charge in [0.05, 0.1) is 13.2 Å². The zero-order valence-electron chi connectivity index (χ0n) is 11.6. The smallest absolute Gasteiger partial charge is 0.119 e. The van der Waals surface area contributed by atoms with Crippen molar-refractivity contribution in [3.05, 3.63) is 52.1 Å². The van der Waals surface area contributed by atoms with E-state index in [0.29, 0.717) is 26.4 Å². The first-order valence-corrected chi connectivity index (χ1v) is 7.76. The molecular formula is C16H18INO3. The van der Waals surface area contributed by atoms with Crippen molar-refractivity contribution < 1.29 is 14.2 Å². The Morgan fingerprint density at radius 3 is 1.71 bits per heavy atom. The standard InChI is InChI=1S/C16H18INO3/c17-13-1-5-15(6-2-13)20-11-9-19-10-12-21-16-7-3-14(18)4-8-16/h1-8H,9-12,18H2. The van der Waals surface area contributed by atoms with Crippen LogP contribution in [0.3, 0.4) is 0 Å². The van der Waals surface area contributed by atoms with Gasteiger partial charge in [-0.1, -0.05) is 0 Å². The van der Waals surface area contributed by atoms with Gasteiger partial charge in [-0.05, 0) is 71.1 Å². The van der Waals surface area contributed by atoms with E-state index in [4.69, 9.17) is 19.9 Å². The van der Waals surface area contributed by atoms with Gasteiger partial charge in [-0.3, -0.25) is 0 Å². The number of anilines is 1. The molecule has 2 aromatic rings. The molecule has 21 heavy (non-hydrogen) atoms. The third kappa shape index (κ3) is 6.22. The zero-order chi connectivity index (χ0) is 14.9. The minimum absolute atomic E-state index is 0.507. The molecule has 2 N–H and O–H groups in total. The molecule has 5 heteroatoms. The molecule has 112 valence electrons. The summed E-state index contributed by atoms with van der Waals surface area (Å²) >= 11 is 2.26. The van der Waals surface area contributed by atoms with E-state index in [1.54, 1.807) is 0 Å². The molecule has 0 saturated carbocycles. The molecule has 0 aliphatic heterocycles. The van der Waals surface area contributed by atoms with Crippen LogP contribution in [0.5, 0.6) is 11.5 Å². The summed E-state index contributed by atoms with van der Waals surface area (Å²) < 4.78 is 17.7. The fourth-order valence-electron chi connectivity index (χ4n) is 1.63. The second-order valence-corrected chi connectivity index (χ2v) is 5.58. The summed E-state index contributed by atoms with van der Waals surface area (Å²) in [5.74, 6) is 1.65. The molecule has 0 spiro atoms. The van der Waals surface area contributed by atoms with Crippen LogP contribution in [0.4, 0.5) is 5.69 Å². The van der Waals surface area contributed by atoms with Crippen LogP contribution in [0, 0.1) is 3.57 Å². The SMILES string of the molecule is Nc1ccc(OCCOCCOc2ccc(I)cc2)cc1. The molecule has 0 radical (unpaired) electrons. The van der Waals surface area contributed by atoms with E-state index >= 15 is 0 Å². The van der Waals surface area contributed by atoms with Crippen molar-refractivity contribution in [2.75, 3.05) is 32.2 Å². The number of hydrogen-bond donors (Lipinski definition) is 1. The highest BCUT2D eigenvalue weighted by atomic mass is 127. The third-order valence-corrected chi connectivity index (χ3v) is 3.41. The number of nitrogen functional groups attached to an aromatic ring is 1.